The van der Waals surface area contributed by atoms with Gasteiger partial charge in [-0.3, -0.25) is 4.72 Å². The fraction of sp³-hybridized carbons (Fsp3) is 0. The Kier molecular flexibility index (Phi) is 2.71. The molecule has 10 heavy (non-hydrogen) atoms. The molecule has 0 heterocycles. The SMILES string of the molecule is O=S(Cl)Nc1ccccc1. The van der Waals surface area contributed by atoms with E-state index in [1.165, 1.54) is 0 Å². The van der Waals surface area contributed by atoms with Crippen LogP contribution >= 0.6 is 10.7 Å². The molecule has 1 aromatic carbocycles. The van der Waals surface area contributed by atoms with Gasteiger partial charge in [0, 0.05) is 16.4 Å². The van der Waals surface area contributed by atoms with Crippen LogP contribution in [0.3, 0.4) is 0 Å². The second-order valence-electron chi connectivity index (χ2n) is 1.69. The third-order valence-electron chi connectivity index (χ3n) is 0.972. The lowest BCUT2D eigenvalue weighted by atomic mass is 10.3. The molecule has 0 saturated heterocycles. The number of rotatable bonds is 2. The molecule has 1 unspecified atom stereocenters. The average Bonchev–Trinajstić information content (AvgIpc) is 1.88. The topological polar surface area (TPSA) is 29.1 Å². The molecule has 0 fully saturated rings. The van der Waals surface area contributed by atoms with E-state index in [-0.39, 0.29) is 0 Å². The van der Waals surface area contributed by atoms with Gasteiger partial charge in [-0.25, -0.2) is 4.21 Å². The van der Waals surface area contributed by atoms with Crippen LogP contribution in [-0.4, -0.2) is 4.21 Å². The van der Waals surface area contributed by atoms with Gasteiger partial charge in [-0.05, 0) is 12.1 Å². The summed E-state index contributed by atoms with van der Waals surface area (Å²) < 4.78 is 12.9. The number of benzene rings is 1. The fourth-order valence-electron chi connectivity index (χ4n) is 0.599. The van der Waals surface area contributed by atoms with Gasteiger partial charge in [0.25, 0.3) is 0 Å². The number of anilines is 1. The molecule has 1 rings (SSSR count). The Morgan fingerprint density at radius 2 is 1.90 bits per heavy atom. The molecule has 0 spiro atoms. The van der Waals surface area contributed by atoms with Crippen LogP contribution in [0.15, 0.2) is 30.3 Å². The maximum atomic E-state index is 10.4. The van der Waals surface area contributed by atoms with Crippen LogP contribution in [0.2, 0.25) is 0 Å². The third-order valence-corrected chi connectivity index (χ3v) is 1.60. The van der Waals surface area contributed by atoms with Crippen LogP contribution in [0.5, 0.6) is 0 Å². The Morgan fingerprint density at radius 1 is 1.30 bits per heavy atom. The van der Waals surface area contributed by atoms with E-state index in [1.807, 2.05) is 18.2 Å². The average molecular weight is 176 g/mol. The Balaban J connectivity index is 2.67. The molecule has 0 aliphatic heterocycles. The first-order valence-corrected chi connectivity index (χ1v) is 4.66. The van der Waals surface area contributed by atoms with Gasteiger partial charge in [-0.15, -0.1) is 0 Å². The maximum Gasteiger partial charge on any atom is 0.215 e. The van der Waals surface area contributed by atoms with Crippen molar-refractivity contribution < 1.29 is 4.21 Å². The van der Waals surface area contributed by atoms with Crippen molar-refractivity contribution >= 4 is 26.6 Å². The Bertz CT molecular complexity index is 226. The molecule has 0 aliphatic carbocycles. The summed E-state index contributed by atoms with van der Waals surface area (Å²) in [7, 11) is 3.68. The summed E-state index contributed by atoms with van der Waals surface area (Å²) in [5.74, 6) is 0. The zero-order chi connectivity index (χ0) is 7.40. The number of para-hydroxylation sites is 1. The second kappa shape index (κ2) is 3.58. The molecule has 4 heteroatoms. The molecule has 1 atom stereocenters. The predicted octanol–water partition coefficient (Wildman–Crippen LogP) is 1.92. The van der Waals surface area contributed by atoms with Crippen LogP contribution in [0.1, 0.15) is 0 Å². The van der Waals surface area contributed by atoms with E-state index >= 15 is 0 Å². The smallest absolute Gasteiger partial charge is 0.215 e. The summed E-state index contributed by atoms with van der Waals surface area (Å²) >= 11 is 0. The number of hydrogen-bond donors (Lipinski definition) is 1. The molecule has 1 N–H and O–H groups in total. The molecule has 0 saturated carbocycles. The molecule has 54 valence electrons. The van der Waals surface area contributed by atoms with Crippen molar-refractivity contribution in [1.82, 2.24) is 0 Å². The summed E-state index contributed by atoms with van der Waals surface area (Å²) in [6.07, 6.45) is 0. The molecule has 0 aromatic heterocycles. The summed E-state index contributed by atoms with van der Waals surface area (Å²) in [6, 6.07) is 9.14. The lowest BCUT2D eigenvalue weighted by Crippen LogP contribution is -1.94. The van der Waals surface area contributed by atoms with Crippen LogP contribution in [0.4, 0.5) is 5.69 Å². The van der Waals surface area contributed by atoms with E-state index in [0.29, 0.717) is 0 Å². The van der Waals surface area contributed by atoms with Crippen molar-refractivity contribution in [3.8, 4) is 0 Å². The molecule has 1 aromatic rings. The van der Waals surface area contributed by atoms with Gasteiger partial charge in [0.2, 0.25) is 10.2 Å². The highest BCUT2D eigenvalue weighted by molar-refractivity contribution is 8.09. The summed E-state index contributed by atoms with van der Waals surface area (Å²) in [5, 5.41) is 0. The summed E-state index contributed by atoms with van der Waals surface area (Å²) in [5.41, 5.74) is 0.760. The van der Waals surface area contributed by atoms with E-state index in [1.54, 1.807) is 12.1 Å². The minimum atomic E-state index is -1.49. The highest BCUT2D eigenvalue weighted by Crippen LogP contribution is 2.06. The van der Waals surface area contributed by atoms with Gasteiger partial charge in [0.05, 0.1) is 0 Å². The predicted molar refractivity (Wildman–Crippen MR) is 44.1 cm³/mol. The van der Waals surface area contributed by atoms with Crippen LogP contribution in [0, 0.1) is 0 Å². The van der Waals surface area contributed by atoms with Crippen LogP contribution < -0.4 is 4.72 Å². The zero-order valence-corrected chi connectivity index (χ0v) is 6.65. The minimum Gasteiger partial charge on any atom is -0.292 e. The molecular weight excluding hydrogens is 170 g/mol. The number of nitrogens with one attached hydrogen (secondary N) is 1. The monoisotopic (exact) mass is 175 g/mol. The zero-order valence-electron chi connectivity index (χ0n) is 5.08. The standard InChI is InChI=1S/C6H6ClNOS/c7-10(9)8-6-4-2-1-3-5-6/h1-5,8H. The van der Waals surface area contributed by atoms with E-state index in [2.05, 4.69) is 4.72 Å². The quantitative estimate of drug-likeness (QED) is 0.684. The molecular formula is C6H6ClNOS. The molecule has 0 radical (unpaired) electrons. The van der Waals surface area contributed by atoms with Crippen molar-refractivity contribution in [2.75, 3.05) is 4.72 Å². The van der Waals surface area contributed by atoms with Crippen LogP contribution in [-0.2, 0) is 10.2 Å². The molecule has 0 aliphatic rings. The highest BCUT2D eigenvalue weighted by atomic mass is 35.7. The Morgan fingerprint density at radius 3 is 2.40 bits per heavy atom. The van der Waals surface area contributed by atoms with Gasteiger partial charge in [-0.2, -0.15) is 0 Å². The molecule has 0 bridgehead atoms. The lowest BCUT2D eigenvalue weighted by Gasteiger charge is -1.97. The first kappa shape index (κ1) is 7.57. The van der Waals surface area contributed by atoms with Gasteiger partial charge in [0.1, 0.15) is 0 Å². The Labute approximate surface area is 66.3 Å². The summed E-state index contributed by atoms with van der Waals surface area (Å²) in [6.45, 7) is 0. The van der Waals surface area contributed by atoms with Gasteiger partial charge in [-0.1, -0.05) is 18.2 Å². The Hall–Kier alpha value is -0.540. The normalized spacial score (nSPS) is 12.5. The van der Waals surface area contributed by atoms with E-state index < -0.39 is 10.2 Å². The molecule has 0 amide bonds. The van der Waals surface area contributed by atoms with E-state index in [0.717, 1.165) is 5.69 Å². The van der Waals surface area contributed by atoms with Crippen LogP contribution in [0.25, 0.3) is 0 Å². The number of halogens is 1. The third kappa shape index (κ3) is 2.37. The van der Waals surface area contributed by atoms with E-state index in [9.17, 15) is 4.21 Å². The van der Waals surface area contributed by atoms with E-state index in [4.69, 9.17) is 10.7 Å². The largest absolute Gasteiger partial charge is 0.292 e. The first-order chi connectivity index (χ1) is 4.79. The van der Waals surface area contributed by atoms with Crippen molar-refractivity contribution in [2.24, 2.45) is 0 Å². The second-order valence-corrected chi connectivity index (χ2v) is 3.18. The fourth-order valence-corrected chi connectivity index (χ4v) is 1.19. The lowest BCUT2D eigenvalue weighted by molar-refractivity contribution is 0.694. The number of hydrogen-bond acceptors (Lipinski definition) is 1. The van der Waals surface area contributed by atoms with Crippen molar-refractivity contribution in [1.29, 1.82) is 0 Å². The summed E-state index contributed by atoms with van der Waals surface area (Å²) in [4.78, 5) is 0. The van der Waals surface area contributed by atoms with Gasteiger partial charge < -0.3 is 0 Å². The van der Waals surface area contributed by atoms with Crippen molar-refractivity contribution in [2.45, 2.75) is 0 Å². The van der Waals surface area contributed by atoms with Gasteiger partial charge >= 0.3 is 0 Å². The first-order valence-electron chi connectivity index (χ1n) is 2.69. The van der Waals surface area contributed by atoms with Gasteiger partial charge in [0.15, 0.2) is 0 Å². The van der Waals surface area contributed by atoms with Crippen molar-refractivity contribution in [3.63, 3.8) is 0 Å². The molecule has 2 nitrogen and oxygen atoms in total. The highest BCUT2D eigenvalue weighted by Gasteiger charge is 1.90. The maximum absolute atomic E-state index is 10.4. The van der Waals surface area contributed by atoms with Crippen molar-refractivity contribution in [3.05, 3.63) is 30.3 Å². The minimum absolute atomic E-state index is 0.760.